The van der Waals surface area contributed by atoms with Gasteiger partial charge >= 0.3 is 0 Å². The van der Waals surface area contributed by atoms with Crippen LogP contribution in [0.4, 0.5) is 5.69 Å². The first-order valence-electron chi connectivity index (χ1n) is 9.20. The maximum Gasteiger partial charge on any atom is 0.256 e. The fourth-order valence-corrected chi connectivity index (χ4v) is 3.15. The Bertz CT molecular complexity index is 823. The van der Waals surface area contributed by atoms with E-state index in [0.717, 1.165) is 29.0 Å². The predicted molar refractivity (Wildman–Crippen MR) is 110 cm³/mol. The number of hydrogen-bond acceptors (Lipinski definition) is 6. The van der Waals surface area contributed by atoms with Crippen LogP contribution in [-0.4, -0.2) is 38.4 Å². The Morgan fingerprint density at radius 3 is 2.29 bits per heavy atom. The van der Waals surface area contributed by atoms with Crippen molar-refractivity contribution in [3.05, 3.63) is 40.6 Å². The molecule has 7 nitrogen and oxygen atoms in total. The van der Waals surface area contributed by atoms with Crippen LogP contribution in [-0.2, 0) is 4.74 Å². The summed E-state index contributed by atoms with van der Waals surface area (Å²) in [5.41, 5.74) is 9.09. The lowest BCUT2D eigenvalue weighted by molar-refractivity contribution is 0.0997. The van der Waals surface area contributed by atoms with E-state index in [0.29, 0.717) is 24.7 Å². The van der Waals surface area contributed by atoms with Crippen molar-refractivity contribution in [2.45, 2.75) is 34.1 Å². The highest BCUT2D eigenvalue weighted by molar-refractivity contribution is 6.01. The van der Waals surface area contributed by atoms with Crippen LogP contribution in [0.15, 0.2) is 18.2 Å². The van der Waals surface area contributed by atoms with E-state index in [1.54, 1.807) is 14.2 Å². The van der Waals surface area contributed by atoms with Gasteiger partial charge in [-0.25, -0.2) is 4.98 Å². The first-order valence-corrected chi connectivity index (χ1v) is 9.20. The minimum Gasteiger partial charge on any atom is -0.497 e. The van der Waals surface area contributed by atoms with Gasteiger partial charge < -0.3 is 24.8 Å². The van der Waals surface area contributed by atoms with Crippen LogP contribution in [0.2, 0.25) is 0 Å². The number of aryl methyl sites for hydroxylation is 3. The molecule has 152 valence electrons. The van der Waals surface area contributed by atoms with Gasteiger partial charge in [-0.05, 0) is 56.5 Å². The number of amides is 1. The van der Waals surface area contributed by atoms with E-state index < -0.39 is 5.91 Å². The fourth-order valence-electron chi connectivity index (χ4n) is 3.15. The lowest BCUT2D eigenvalue weighted by Crippen LogP contribution is -2.30. The van der Waals surface area contributed by atoms with Crippen LogP contribution in [0.3, 0.4) is 0 Å². The van der Waals surface area contributed by atoms with Gasteiger partial charge in [0.2, 0.25) is 5.88 Å². The number of carbonyl (C=O) groups excluding carboxylic acids is 1. The largest absolute Gasteiger partial charge is 0.497 e. The molecule has 1 aromatic carbocycles. The van der Waals surface area contributed by atoms with Crippen LogP contribution in [0.5, 0.6) is 17.4 Å². The Labute approximate surface area is 166 Å². The molecule has 1 amide bonds. The third-order valence-electron chi connectivity index (χ3n) is 4.33. The van der Waals surface area contributed by atoms with Crippen LogP contribution in [0.25, 0.3) is 0 Å². The van der Waals surface area contributed by atoms with Crippen molar-refractivity contribution in [1.29, 1.82) is 0 Å². The Hall–Kier alpha value is -2.80. The molecule has 1 heterocycles. The molecule has 0 aliphatic carbocycles. The second-order valence-electron chi connectivity index (χ2n) is 6.70. The second kappa shape index (κ2) is 9.41. The Balaban J connectivity index is 2.60. The van der Waals surface area contributed by atoms with E-state index in [-0.39, 0.29) is 11.4 Å². The molecule has 0 spiro atoms. The van der Waals surface area contributed by atoms with Crippen molar-refractivity contribution < 1.29 is 19.0 Å². The van der Waals surface area contributed by atoms with E-state index in [2.05, 4.69) is 11.9 Å². The number of aromatic nitrogens is 1. The van der Waals surface area contributed by atoms with Gasteiger partial charge in [0.15, 0.2) is 0 Å². The molecule has 0 aliphatic heterocycles. The summed E-state index contributed by atoms with van der Waals surface area (Å²) in [7, 11) is 3.23. The Kier molecular flexibility index (Phi) is 7.23. The fraction of sp³-hybridized carbons (Fsp3) is 0.429. The summed E-state index contributed by atoms with van der Waals surface area (Å²) < 4.78 is 16.7. The molecule has 2 aromatic rings. The molecule has 0 aliphatic rings. The molecule has 7 heteroatoms. The van der Waals surface area contributed by atoms with Crippen LogP contribution < -0.4 is 20.1 Å². The molecule has 0 saturated carbocycles. The molecular formula is C21H29N3O4. The maximum atomic E-state index is 12.3. The number of pyridine rings is 1. The highest BCUT2D eigenvalue weighted by Gasteiger charge is 2.23. The minimum absolute atomic E-state index is 0.191. The van der Waals surface area contributed by atoms with Crippen molar-refractivity contribution in [2.24, 2.45) is 5.73 Å². The Morgan fingerprint density at radius 1 is 1.14 bits per heavy atom. The molecule has 0 fully saturated rings. The first-order chi connectivity index (χ1) is 13.3. The molecule has 2 rings (SSSR count). The van der Waals surface area contributed by atoms with Crippen LogP contribution >= 0.6 is 0 Å². The zero-order valence-electron chi connectivity index (χ0n) is 17.5. The summed E-state index contributed by atoms with van der Waals surface area (Å²) in [5, 5.41) is 0. The Morgan fingerprint density at radius 2 is 1.79 bits per heavy atom. The lowest BCUT2D eigenvalue weighted by Gasteiger charge is -2.26. The third kappa shape index (κ3) is 4.72. The molecule has 0 bridgehead atoms. The number of methoxy groups -OCH3 is 2. The predicted octanol–water partition coefficient (Wildman–Crippen LogP) is 3.73. The SMILES string of the molecule is CCCN(COC)c1cc(C)nc(Oc2c(C)cc(OC)cc2C)c1C(N)=O. The molecule has 28 heavy (non-hydrogen) atoms. The first kappa shape index (κ1) is 21.5. The van der Waals surface area contributed by atoms with Gasteiger partial charge in [0.1, 0.15) is 23.8 Å². The van der Waals surface area contributed by atoms with E-state index in [1.807, 2.05) is 43.9 Å². The van der Waals surface area contributed by atoms with Gasteiger partial charge in [-0.1, -0.05) is 6.92 Å². The molecule has 0 atom stereocenters. The van der Waals surface area contributed by atoms with Gasteiger partial charge in [0.25, 0.3) is 5.91 Å². The standard InChI is InChI=1S/C21H29N3O4/c1-7-8-24(12-26-5)17-11-15(4)23-21(18(17)20(22)25)28-19-13(2)9-16(27-6)10-14(19)3/h9-11H,7-8,12H2,1-6H3,(H2,22,25). The molecule has 0 saturated heterocycles. The van der Waals surface area contributed by atoms with Crippen molar-refractivity contribution in [3.63, 3.8) is 0 Å². The average Bonchev–Trinajstić information content (AvgIpc) is 2.63. The molecule has 1 aromatic heterocycles. The van der Waals surface area contributed by atoms with Gasteiger partial charge in [-0.2, -0.15) is 0 Å². The zero-order chi connectivity index (χ0) is 20.8. The number of rotatable bonds is 9. The maximum absolute atomic E-state index is 12.3. The molecule has 0 radical (unpaired) electrons. The smallest absolute Gasteiger partial charge is 0.256 e. The highest BCUT2D eigenvalue weighted by Crippen LogP contribution is 2.36. The number of hydrogen-bond donors (Lipinski definition) is 1. The minimum atomic E-state index is -0.599. The summed E-state index contributed by atoms with van der Waals surface area (Å²) in [6.07, 6.45) is 0.885. The van der Waals surface area contributed by atoms with E-state index in [4.69, 9.17) is 19.9 Å². The third-order valence-corrected chi connectivity index (χ3v) is 4.33. The lowest BCUT2D eigenvalue weighted by atomic mass is 10.1. The van der Waals surface area contributed by atoms with Crippen molar-refractivity contribution in [2.75, 3.05) is 32.4 Å². The molecular weight excluding hydrogens is 358 g/mol. The summed E-state index contributed by atoms with van der Waals surface area (Å²) in [4.78, 5) is 18.8. The van der Waals surface area contributed by atoms with Gasteiger partial charge in [-0.15, -0.1) is 0 Å². The van der Waals surface area contributed by atoms with Crippen LogP contribution in [0.1, 0.15) is 40.5 Å². The second-order valence-corrected chi connectivity index (χ2v) is 6.70. The van der Waals surface area contributed by atoms with Gasteiger partial charge in [0, 0.05) is 19.3 Å². The van der Waals surface area contributed by atoms with E-state index in [9.17, 15) is 4.79 Å². The normalized spacial score (nSPS) is 10.6. The van der Waals surface area contributed by atoms with Gasteiger partial charge in [0.05, 0.1) is 12.8 Å². The molecule has 2 N–H and O–H groups in total. The summed E-state index contributed by atoms with van der Waals surface area (Å²) >= 11 is 0. The van der Waals surface area contributed by atoms with Crippen molar-refractivity contribution >= 4 is 11.6 Å². The number of carbonyl (C=O) groups is 1. The topological polar surface area (TPSA) is 86.9 Å². The summed E-state index contributed by atoms with van der Waals surface area (Å²) in [6, 6.07) is 5.57. The summed E-state index contributed by atoms with van der Waals surface area (Å²) in [5.74, 6) is 0.959. The van der Waals surface area contributed by atoms with E-state index >= 15 is 0 Å². The van der Waals surface area contributed by atoms with E-state index in [1.165, 1.54) is 0 Å². The number of primary amides is 1. The molecule has 0 unspecified atom stereocenters. The van der Waals surface area contributed by atoms with Gasteiger partial charge in [-0.3, -0.25) is 4.79 Å². The zero-order valence-corrected chi connectivity index (χ0v) is 17.5. The number of nitrogens with zero attached hydrogens (tertiary/aromatic N) is 2. The number of ether oxygens (including phenoxy) is 3. The number of anilines is 1. The highest BCUT2D eigenvalue weighted by atomic mass is 16.5. The van der Waals surface area contributed by atoms with Crippen molar-refractivity contribution in [1.82, 2.24) is 4.98 Å². The van der Waals surface area contributed by atoms with Crippen LogP contribution in [0, 0.1) is 20.8 Å². The monoisotopic (exact) mass is 387 g/mol. The van der Waals surface area contributed by atoms with Crippen molar-refractivity contribution in [3.8, 4) is 17.4 Å². The summed E-state index contributed by atoms with van der Waals surface area (Å²) in [6.45, 7) is 8.78. The average molecular weight is 387 g/mol. The number of nitrogens with two attached hydrogens (primary N) is 1. The number of benzene rings is 1. The quantitative estimate of drug-likeness (QED) is 0.660.